The van der Waals surface area contributed by atoms with Crippen LogP contribution < -0.4 is 5.73 Å². The first-order chi connectivity index (χ1) is 10.3. The molecule has 3 heteroatoms. The van der Waals surface area contributed by atoms with Gasteiger partial charge in [-0.15, -0.1) is 0 Å². The summed E-state index contributed by atoms with van der Waals surface area (Å²) >= 11 is 0. The van der Waals surface area contributed by atoms with Gasteiger partial charge in [-0.2, -0.15) is 0 Å². The van der Waals surface area contributed by atoms with Crippen molar-refractivity contribution < 1.29 is 10.2 Å². The van der Waals surface area contributed by atoms with Gasteiger partial charge in [0.05, 0.1) is 6.10 Å². The lowest BCUT2D eigenvalue weighted by atomic mass is 10.0. The van der Waals surface area contributed by atoms with Crippen molar-refractivity contribution in [3.63, 3.8) is 0 Å². The monoisotopic (exact) mass is 301 g/mol. The minimum atomic E-state index is -0.292. The van der Waals surface area contributed by atoms with Crippen molar-refractivity contribution >= 4 is 0 Å². The first-order valence-electron chi connectivity index (χ1n) is 9.30. The molecule has 128 valence electrons. The molecule has 0 radical (unpaired) electrons. The van der Waals surface area contributed by atoms with Gasteiger partial charge in [0, 0.05) is 6.61 Å². The van der Waals surface area contributed by atoms with Crippen molar-refractivity contribution in [1.29, 1.82) is 0 Å². The van der Waals surface area contributed by atoms with Gasteiger partial charge in [-0.3, -0.25) is 0 Å². The number of hydrogen-bond donors (Lipinski definition) is 3. The Morgan fingerprint density at radius 2 is 0.952 bits per heavy atom. The van der Waals surface area contributed by atoms with Crippen molar-refractivity contribution in [3.8, 4) is 0 Å². The standard InChI is InChI=1S/C18H39NO2/c19-16-13-11-9-7-5-3-1-2-4-6-8-10-12-14-18(21)15-17-20/h18,20-21H,1-17,19H2. The van der Waals surface area contributed by atoms with Crippen LogP contribution in [0.4, 0.5) is 0 Å². The van der Waals surface area contributed by atoms with E-state index in [1.54, 1.807) is 0 Å². The molecule has 0 aromatic carbocycles. The molecule has 0 bridgehead atoms. The molecule has 1 atom stereocenters. The maximum Gasteiger partial charge on any atom is 0.0562 e. The number of aliphatic hydroxyl groups excluding tert-OH is 2. The molecule has 0 amide bonds. The second-order valence-corrected chi connectivity index (χ2v) is 6.34. The summed E-state index contributed by atoms with van der Waals surface area (Å²) in [6.45, 7) is 0.953. The molecule has 0 saturated carbocycles. The molecule has 4 N–H and O–H groups in total. The van der Waals surface area contributed by atoms with Crippen LogP contribution in [0.5, 0.6) is 0 Å². The summed E-state index contributed by atoms with van der Waals surface area (Å²) in [6, 6.07) is 0. The molecule has 0 rings (SSSR count). The highest BCUT2D eigenvalue weighted by atomic mass is 16.3. The SMILES string of the molecule is NCCCCCCCCCCCCCCCC(O)CCO. The van der Waals surface area contributed by atoms with Crippen LogP contribution in [0.2, 0.25) is 0 Å². The highest BCUT2D eigenvalue weighted by Crippen LogP contribution is 2.13. The molecule has 21 heavy (non-hydrogen) atoms. The van der Waals surface area contributed by atoms with Gasteiger partial charge in [-0.05, 0) is 25.8 Å². The molecule has 0 aliphatic heterocycles. The number of nitrogens with two attached hydrogens (primary N) is 1. The lowest BCUT2D eigenvalue weighted by Crippen LogP contribution is -2.08. The maximum absolute atomic E-state index is 9.47. The van der Waals surface area contributed by atoms with Crippen molar-refractivity contribution in [2.24, 2.45) is 5.73 Å². The molecule has 3 nitrogen and oxygen atoms in total. The Bertz CT molecular complexity index is 188. The van der Waals surface area contributed by atoms with Gasteiger partial charge < -0.3 is 15.9 Å². The minimum absolute atomic E-state index is 0.105. The molecule has 0 aromatic rings. The smallest absolute Gasteiger partial charge is 0.0562 e. The molecule has 1 unspecified atom stereocenters. The Morgan fingerprint density at radius 1 is 0.571 bits per heavy atom. The summed E-state index contributed by atoms with van der Waals surface area (Å²) < 4.78 is 0. The summed E-state index contributed by atoms with van der Waals surface area (Å²) in [5.41, 5.74) is 5.47. The van der Waals surface area contributed by atoms with Crippen LogP contribution in [0, 0.1) is 0 Å². The Kier molecular flexibility index (Phi) is 17.8. The van der Waals surface area contributed by atoms with Gasteiger partial charge >= 0.3 is 0 Å². The fraction of sp³-hybridized carbons (Fsp3) is 1.00. The Balaban J connectivity index is 2.99. The van der Waals surface area contributed by atoms with Crippen LogP contribution in [-0.2, 0) is 0 Å². The second-order valence-electron chi connectivity index (χ2n) is 6.34. The summed E-state index contributed by atoms with van der Waals surface area (Å²) in [4.78, 5) is 0. The van der Waals surface area contributed by atoms with Crippen LogP contribution >= 0.6 is 0 Å². The van der Waals surface area contributed by atoms with E-state index in [9.17, 15) is 5.11 Å². The number of aliphatic hydroxyl groups is 2. The quantitative estimate of drug-likeness (QED) is 0.354. The summed E-state index contributed by atoms with van der Waals surface area (Å²) in [6.07, 6.45) is 18.2. The molecule has 0 aromatic heterocycles. The largest absolute Gasteiger partial charge is 0.396 e. The van der Waals surface area contributed by atoms with E-state index >= 15 is 0 Å². The van der Waals surface area contributed by atoms with Crippen LogP contribution in [0.15, 0.2) is 0 Å². The topological polar surface area (TPSA) is 66.5 Å². The summed E-state index contributed by atoms with van der Waals surface area (Å²) in [5, 5.41) is 18.2. The van der Waals surface area contributed by atoms with Gasteiger partial charge in [0.2, 0.25) is 0 Å². The van der Waals surface area contributed by atoms with Crippen LogP contribution in [0.1, 0.15) is 96.3 Å². The second kappa shape index (κ2) is 17.9. The molecule has 0 aliphatic rings. The lowest BCUT2D eigenvalue weighted by molar-refractivity contribution is 0.122. The van der Waals surface area contributed by atoms with Gasteiger partial charge in [0.1, 0.15) is 0 Å². The van der Waals surface area contributed by atoms with E-state index in [0.717, 1.165) is 19.4 Å². The third-order valence-corrected chi connectivity index (χ3v) is 4.20. The van der Waals surface area contributed by atoms with E-state index in [-0.39, 0.29) is 12.7 Å². The van der Waals surface area contributed by atoms with E-state index in [1.807, 2.05) is 0 Å². The Morgan fingerprint density at radius 3 is 1.33 bits per heavy atom. The minimum Gasteiger partial charge on any atom is -0.396 e. The zero-order valence-electron chi connectivity index (χ0n) is 14.1. The third-order valence-electron chi connectivity index (χ3n) is 4.20. The van der Waals surface area contributed by atoms with Gasteiger partial charge in [-0.25, -0.2) is 0 Å². The highest BCUT2D eigenvalue weighted by molar-refractivity contribution is 4.55. The number of rotatable bonds is 17. The van der Waals surface area contributed by atoms with Crippen LogP contribution in [-0.4, -0.2) is 29.5 Å². The number of hydrogen-bond acceptors (Lipinski definition) is 3. The third kappa shape index (κ3) is 17.8. The first-order valence-corrected chi connectivity index (χ1v) is 9.30. The molecule has 0 fully saturated rings. The van der Waals surface area contributed by atoms with Crippen molar-refractivity contribution in [1.82, 2.24) is 0 Å². The van der Waals surface area contributed by atoms with E-state index < -0.39 is 0 Å². The first kappa shape index (κ1) is 20.9. The zero-order chi connectivity index (χ0) is 15.6. The Labute approximate surface area is 132 Å². The molecular formula is C18H39NO2. The lowest BCUT2D eigenvalue weighted by Gasteiger charge is -2.08. The van der Waals surface area contributed by atoms with E-state index in [4.69, 9.17) is 10.8 Å². The summed E-state index contributed by atoms with van der Waals surface area (Å²) in [7, 11) is 0. The van der Waals surface area contributed by atoms with Gasteiger partial charge in [0.15, 0.2) is 0 Å². The maximum atomic E-state index is 9.47. The van der Waals surface area contributed by atoms with Gasteiger partial charge in [-0.1, -0.05) is 77.0 Å². The fourth-order valence-electron chi connectivity index (χ4n) is 2.76. The Hall–Kier alpha value is -0.120. The van der Waals surface area contributed by atoms with E-state index in [2.05, 4.69) is 0 Å². The fourth-order valence-corrected chi connectivity index (χ4v) is 2.76. The zero-order valence-corrected chi connectivity index (χ0v) is 14.1. The molecule has 0 heterocycles. The molecule has 0 spiro atoms. The normalized spacial score (nSPS) is 12.7. The van der Waals surface area contributed by atoms with E-state index in [0.29, 0.717) is 6.42 Å². The van der Waals surface area contributed by atoms with E-state index in [1.165, 1.54) is 77.0 Å². The molecule has 0 aliphatic carbocycles. The van der Waals surface area contributed by atoms with Crippen LogP contribution in [0.25, 0.3) is 0 Å². The van der Waals surface area contributed by atoms with Gasteiger partial charge in [0.25, 0.3) is 0 Å². The van der Waals surface area contributed by atoms with Crippen molar-refractivity contribution in [3.05, 3.63) is 0 Å². The highest BCUT2D eigenvalue weighted by Gasteiger charge is 2.02. The van der Waals surface area contributed by atoms with Crippen LogP contribution in [0.3, 0.4) is 0 Å². The molecule has 0 saturated heterocycles. The number of unbranched alkanes of at least 4 members (excludes halogenated alkanes) is 12. The van der Waals surface area contributed by atoms with Crippen molar-refractivity contribution in [2.75, 3.05) is 13.2 Å². The predicted octanol–water partition coefficient (Wildman–Crippen LogP) is 4.15. The average molecular weight is 302 g/mol. The average Bonchev–Trinajstić information content (AvgIpc) is 2.48. The van der Waals surface area contributed by atoms with Crippen molar-refractivity contribution in [2.45, 2.75) is 102 Å². The summed E-state index contributed by atoms with van der Waals surface area (Å²) in [5.74, 6) is 0. The molecular weight excluding hydrogens is 262 g/mol. The predicted molar refractivity (Wildman–Crippen MR) is 91.4 cm³/mol.